The third kappa shape index (κ3) is 6.42. The van der Waals surface area contributed by atoms with Crippen LogP contribution in [0.3, 0.4) is 0 Å². The van der Waals surface area contributed by atoms with E-state index < -0.39 is 10.0 Å². The first-order valence-corrected chi connectivity index (χ1v) is 10.9. The average molecular weight is 429 g/mol. The van der Waals surface area contributed by atoms with E-state index in [0.29, 0.717) is 23.1 Å². The van der Waals surface area contributed by atoms with E-state index in [1.54, 1.807) is 23.9 Å². The van der Waals surface area contributed by atoms with Crippen LogP contribution in [0.25, 0.3) is 0 Å². The van der Waals surface area contributed by atoms with Gasteiger partial charge in [0, 0.05) is 29.3 Å². The van der Waals surface area contributed by atoms with Crippen molar-refractivity contribution in [3.05, 3.63) is 53.6 Å². The topological polar surface area (TPSA) is 75.7 Å². The molecule has 0 aromatic heterocycles. The number of carbonyl (C=O) groups excluding carboxylic acids is 1. The first kappa shape index (κ1) is 21.6. The van der Waals surface area contributed by atoms with Gasteiger partial charge in [0.1, 0.15) is 5.75 Å². The normalized spacial score (nSPS) is 11.4. The lowest BCUT2D eigenvalue weighted by Gasteiger charge is -2.17. The fraction of sp³-hybridized carbons (Fsp3) is 0.278. The number of amides is 1. The summed E-state index contributed by atoms with van der Waals surface area (Å²) in [6.45, 7) is 0.183. The molecule has 0 aliphatic carbocycles. The first-order chi connectivity index (χ1) is 12.8. The number of carbonyl (C=O) groups is 1. The largest absolute Gasteiger partial charge is 0.497 e. The van der Waals surface area contributed by atoms with Gasteiger partial charge in [0.05, 0.1) is 18.6 Å². The number of hydrogen-bond acceptors (Lipinski definition) is 5. The molecule has 0 unspecified atom stereocenters. The molecular formula is C18H21ClN2O4S2. The number of likely N-dealkylation sites (N-methyl/N-ethyl adjacent to an activating group) is 1. The lowest BCUT2D eigenvalue weighted by molar-refractivity contribution is -0.121. The summed E-state index contributed by atoms with van der Waals surface area (Å²) in [6.07, 6.45) is 0. The van der Waals surface area contributed by atoms with Gasteiger partial charge in [-0.15, -0.1) is 11.8 Å². The molecule has 2 aromatic carbocycles. The minimum Gasteiger partial charge on any atom is -0.497 e. The molecule has 0 atom stereocenters. The summed E-state index contributed by atoms with van der Waals surface area (Å²) in [5.74, 6) is 0.876. The molecule has 0 aliphatic rings. The van der Waals surface area contributed by atoms with Crippen molar-refractivity contribution in [1.29, 1.82) is 0 Å². The van der Waals surface area contributed by atoms with Crippen LogP contribution in [0.1, 0.15) is 0 Å². The quantitative estimate of drug-likeness (QED) is 0.491. The summed E-state index contributed by atoms with van der Waals surface area (Å²) in [4.78, 5) is 13.2. The molecule has 0 saturated heterocycles. The molecule has 0 fully saturated rings. The van der Waals surface area contributed by atoms with Crippen molar-refractivity contribution in [3.63, 3.8) is 0 Å². The number of hydrogen-bond donors (Lipinski definition) is 1. The van der Waals surface area contributed by atoms with E-state index in [2.05, 4.69) is 5.32 Å². The highest BCUT2D eigenvalue weighted by Gasteiger charge is 2.22. The van der Waals surface area contributed by atoms with Gasteiger partial charge in [-0.05, 0) is 48.5 Å². The van der Waals surface area contributed by atoms with Crippen molar-refractivity contribution >= 4 is 39.3 Å². The van der Waals surface area contributed by atoms with Crippen molar-refractivity contribution in [2.45, 2.75) is 9.79 Å². The van der Waals surface area contributed by atoms with Gasteiger partial charge in [-0.1, -0.05) is 11.6 Å². The highest BCUT2D eigenvalue weighted by atomic mass is 35.5. The number of nitrogens with one attached hydrogen (secondary N) is 1. The Morgan fingerprint density at radius 3 is 2.37 bits per heavy atom. The summed E-state index contributed by atoms with van der Waals surface area (Å²) in [6, 6.07) is 13.5. The van der Waals surface area contributed by atoms with Gasteiger partial charge in [-0.2, -0.15) is 4.31 Å². The molecule has 146 valence electrons. The Morgan fingerprint density at radius 2 is 1.78 bits per heavy atom. The van der Waals surface area contributed by atoms with Crippen LogP contribution in [0.15, 0.2) is 58.3 Å². The van der Waals surface area contributed by atoms with E-state index in [1.165, 1.54) is 26.3 Å². The van der Waals surface area contributed by atoms with Crippen molar-refractivity contribution < 1.29 is 17.9 Å². The smallest absolute Gasteiger partial charge is 0.243 e. The molecule has 0 spiro atoms. The number of benzene rings is 2. The Kier molecular flexibility index (Phi) is 7.97. The number of ether oxygens (including phenoxy) is 1. The minimum atomic E-state index is -3.74. The zero-order valence-electron chi connectivity index (χ0n) is 15.0. The van der Waals surface area contributed by atoms with E-state index >= 15 is 0 Å². The predicted octanol–water partition coefficient (Wildman–Crippen LogP) is 2.88. The summed E-state index contributed by atoms with van der Waals surface area (Å²) in [5.41, 5.74) is 0. The maximum atomic E-state index is 12.5. The molecular weight excluding hydrogens is 408 g/mol. The van der Waals surface area contributed by atoms with Gasteiger partial charge in [0.2, 0.25) is 15.9 Å². The van der Waals surface area contributed by atoms with Crippen LogP contribution in [-0.4, -0.2) is 51.6 Å². The van der Waals surface area contributed by atoms with E-state index in [4.69, 9.17) is 16.3 Å². The van der Waals surface area contributed by atoms with E-state index in [-0.39, 0.29) is 17.3 Å². The van der Waals surface area contributed by atoms with Gasteiger partial charge >= 0.3 is 0 Å². The van der Waals surface area contributed by atoms with E-state index in [0.717, 1.165) is 9.20 Å². The molecule has 6 nitrogen and oxygen atoms in total. The molecule has 1 N–H and O–H groups in total. The van der Waals surface area contributed by atoms with Gasteiger partial charge < -0.3 is 10.1 Å². The SMILES string of the molecule is COc1ccc(S(=O)(=O)N(C)CC(=O)NCCSc2ccc(Cl)cc2)cc1. The van der Waals surface area contributed by atoms with Crippen molar-refractivity contribution in [2.24, 2.45) is 0 Å². The lowest BCUT2D eigenvalue weighted by Crippen LogP contribution is -2.39. The third-order valence-corrected chi connectivity index (χ3v) is 6.72. The predicted molar refractivity (Wildman–Crippen MR) is 108 cm³/mol. The van der Waals surface area contributed by atoms with Crippen molar-refractivity contribution in [1.82, 2.24) is 9.62 Å². The van der Waals surface area contributed by atoms with Crippen LogP contribution in [0.5, 0.6) is 5.75 Å². The average Bonchev–Trinajstić information content (AvgIpc) is 2.66. The van der Waals surface area contributed by atoms with Gasteiger partial charge in [-0.25, -0.2) is 8.42 Å². The molecule has 0 aliphatic heterocycles. The minimum absolute atomic E-state index is 0.108. The molecule has 0 heterocycles. The number of thioether (sulfide) groups is 1. The highest BCUT2D eigenvalue weighted by Crippen LogP contribution is 2.20. The molecule has 2 aromatic rings. The monoisotopic (exact) mass is 428 g/mol. The maximum Gasteiger partial charge on any atom is 0.243 e. The zero-order valence-corrected chi connectivity index (χ0v) is 17.4. The number of halogens is 1. The second-order valence-electron chi connectivity index (χ2n) is 5.59. The molecule has 0 radical (unpaired) electrons. The zero-order chi connectivity index (χ0) is 19.9. The van der Waals surface area contributed by atoms with E-state index in [1.807, 2.05) is 24.3 Å². The lowest BCUT2D eigenvalue weighted by atomic mass is 10.3. The summed E-state index contributed by atoms with van der Waals surface area (Å²) in [5, 5.41) is 3.40. The van der Waals surface area contributed by atoms with Gasteiger partial charge in [-0.3, -0.25) is 4.79 Å². The van der Waals surface area contributed by atoms with Crippen LogP contribution in [0.2, 0.25) is 5.02 Å². The van der Waals surface area contributed by atoms with Crippen LogP contribution in [0, 0.1) is 0 Å². The Bertz CT molecular complexity index is 856. The fourth-order valence-electron chi connectivity index (χ4n) is 2.16. The number of sulfonamides is 1. The summed E-state index contributed by atoms with van der Waals surface area (Å²) >= 11 is 7.41. The van der Waals surface area contributed by atoms with E-state index in [9.17, 15) is 13.2 Å². The number of rotatable bonds is 9. The first-order valence-electron chi connectivity index (χ1n) is 8.08. The Morgan fingerprint density at radius 1 is 1.15 bits per heavy atom. The summed E-state index contributed by atoms with van der Waals surface area (Å²) in [7, 11) is -0.856. The molecule has 9 heteroatoms. The Labute approximate surface area is 168 Å². The second-order valence-corrected chi connectivity index (χ2v) is 9.24. The Balaban J connectivity index is 1.80. The number of methoxy groups -OCH3 is 1. The molecule has 27 heavy (non-hydrogen) atoms. The maximum absolute atomic E-state index is 12.5. The highest BCUT2D eigenvalue weighted by molar-refractivity contribution is 7.99. The van der Waals surface area contributed by atoms with Crippen LogP contribution >= 0.6 is 23.4 Å². The second kappa shape index (κ2) is 9.98. The fourth-order valence-corrected chi connectivity index (χ4v) is 4.18. The van der Waals surface area contributed by atoms with Crippen molar-refractivity contribution in [3.8, 4) is 5.75 Å². The van der Waals surface area contributed by atoms with Crippen LogP contribution < -0.4 is 10.1 Å². The molecule has 2 rings (SSSR count). The molecule has 1 amide bonds. The number of nitrogens with zero attached hydrogens (tertiary/aromatic N) is 1. The molecule has 0 saturated carbocycles. The summed E-state index contributed by atoms with van der Waals surface area (Å²) < 4.78 is 31.0. The van der Waals surface area contributed by atoms with Crippen LogP contribution in [0.4, 0.5) is 0 Å². The van der Waals surface area contributed by atoms with Crippen LogP contribution in [-0.2, 0) is 14.8 Å². The van der Waals surface area contributed by atoms with Crippen molar-refractivity contribution in [2.75, 3.05) is 33.0 Å². The van der Waals surface area contributed by atoms with Gasteiger partial charge in [0.15, 0.2) is 0 Å². The Hall–Kier alpha value is -1.74. The van der Waals surface area contributed by atoms with Gasteiger partial charge in [0.25, 0.3) is 0 Å². The standard InChI is InChI=1S/C18H21ClN2O4S2/c1-21(27(23,24)17-9-5-15(25-2)6-10-17)13-18(22)20-11-12-26-16-7-3-14(19)4-8-16/h3-10H,11-13H2,1-2H3,(H,20,22). The molecule has 0 bridgehead atoms. The third-order valence-electron chi connectivity index (χ3n) is 3.64.